The van der Waals surface area contributed by atoms with Crippen LogP contribution in [0.3, 0.4) is 0 Å². The molecule has 0 aliphatic heterocycles. The van der Waals surface area contributed by atoms with E-state index in [9.17, 15) is 10.1 Å². The van der Waals surface area contributed by atoms with E-state index < -0.39 is 0 Å². The average molecular weight is 207 g/mol. The molecule has 0 amide bonds. The van der Waals surface area contributed by atoms with Crippen LogP contribution in [-0.2, 0) is 12.8 Å². The van der Waals surface area contributed by atoms with Crippen LogP contribution in [0.15, 0.2) is 18.2 Å². The second-order valence-electron chi connectivity index (χ2n) is 4.13. The molecule has 0 unspecified atom stereocenters. The molecule has 0 saturated heterocycles. The van der Waals surface area contributed by atoms with E-state index in [4.69, 9.17) is 0 Å². The van der Waals surface area contributed by atoms with Gasteiger partial charge >= 0.3 is 0 Å². The summed E-state index contributed by atoms with van der Waals surface area (Å²) >= 11 is 0. The van der Waals surface area contributed by atoms with E-state index in [2.05, 4.69) is 13.8 Å². The molecule has 0 fully saturated rings. The minimum absolute atomic E-state index is 0.253. The molecule has 1 aromatic rings. The van der Waals surface area contributed by atoms with Crippen molar-refractivity contribution in [3.8, 4) is 0 Å². The first-order valence-corrected chi connectivity index (χ1v) is 5.31. The third-order valence-electron chi connectivity index (χ3n) is 2.39. The van der Waals surface area contributed by atoms with Crippen LogP contribution in [0.1, 0.15) is 31.9 Å². The Hall–Kier alpha value is -1.38. The Labute approximate surface area is 90.3 Å². The summed E-state index contributed by atoms with van der Waals surface area (Å²) in [6.07, 6.45) is 1.48. The summed E-state index contributed by atoms with van der Waals surface area (Å²) in [7, 11) is 0. The zero-order valence-corrected chi connectivity index (χ0v) is 9.49. The zero-order chi connectivity index (χ0) is 11.4. The smallest absolute Gasteiger partial charge is 0.258 e. The van der Waals surface area contributed by atoms with Crippen LogP contribution in [-0.4, -0.2) is 4.92 Å². The van der Waals surface area contributed by atoms with Crippen molar-refractivity contribution in [1.82, 2.24) is 0 Å². The number of para-hydroxylation sites is 1. The van der Waals surface area contributed by atoms with Gasteiger partial charge in [-0.1, -0.05) is 39.0 Å². The molecule has 0 saturated carbocycles. The summed E-state index contributed by atoms with van der Waals surface area (Å²) in [5.41, 5.74) is 2.00. The predicted molar refractivity (Wildman–Crippen MR) is 61.0 cm³/mol. The molecule has 3 nitrogen and oxygen atoms in total. The van der Waals surface area contributed by atoms with Gasteiger partial charge in [-0.3, -0.25) is 10.1 Å². The Kier molecular flexibility index (Phi) is 3.83. The highest BCUT2D eigenvalue weighted by atomic mass is 16.6. The van der Waals surface area contributed by atoms with Gasteiger partial charge in [0.2, 0.25) is 0 Å². The molecule has 0 aliphatic carbocycles. The summed E-state index contributed by atoms with van der Waals surface area (Å²) in [4.78, 5) is 10.7. The topological polar surface area (TPSA) is 43.1 Å². The molecular formula is C12H17NO2. The van der Waals surface area contributed by atoms with E-state index in [1.54, 1.807) is 0 Å². The molecule has 1 rings (SSSR count). The average Bonchev–Trinajstić information content (AvgIpc) is 2.15. The molecule has 82 valence electrons. The van der Waals surface area contributed by atoms with Crippen molar-refractivity contribution in [3.05, 3.63) is 39.4 Å². The van der Waals surface area contributed by atoms with Gasteiger partial charge in [0.1, 0.15) is 0 Å². The number of hydrogen-bond donors (Lipinski definition) is 0. The third-order valence-corrected chi connectivity index (χ3v) is 2.39. The first-order valence-electron chi connectivity index (χ1n) is 5.31. The molecular weight excluding hydrogens is 190 g/mol. The van der Waals surface area contributed by atoms with Gasteiger partial charge in [0, 0.05) is 11.1 Å². The normalized spacial score (nSPS) is 10.7. The highest BCUT2D eigenvalue weighted by molar-refractivity contribution is 5.48. The minimum atomic E-state index is -0.253. The van der Waals surface area contributed by atoms with Crippen LogP contribution in [0.4, 0.5) is 5.69 Å². The van der Waals surface area contributed by atoms with E-state index in [1.165, 1.54) is 0 Å². The van der Waals surface area contributed by atoms with Gasteiger partial charge in [0.25, 0.3) is 5.69 Å². The molecule has 3 heteroatoms. The van der Waals surface area contributed by atoms with Crippen LogP contribution < -0.4 is 0 Å². The third kappa shape index (κ3) is 2.78. The lowest BCUT2D eigenvalue weighted by molar-refractivity contribution is -0.386. The molecule has 0 aromatic heterocycles. The Morgan fingerprint density at radius 2 is 1.93 bits per heavy atom. The molecule has 0 N–H and O–H groups in total. The Morgan fingerprint density at radius 3 is 2.40 bits per heavy atom. The van der Waals surface area contributed by atoms with Gasteiger partial charge in [-0.05, 0) is 18.8 Å². The van der Waals surface area contributed by atoms with E-state index >= 15 is 0 Å². The van der Waals surface area contributed by atoms with E-state index in [0.29, 0.717) is 18.0 Å². The second kappa shape index (κ2) is 4.91. The van der Waals surface area contributed by atoms with Crippen molar-refractivity contribution in [2.75, 3.05) is 0 Å². The highest BCUT2D eigenvalue weighted by Gasteiger charge is 2.18. The number of nitro benzene ring substituents is 1. The van der Waals surface area contributed by atoms with Gasteiger partial charge in [0.15, 0.2) is 0 Å². The minimum Gasteiger partial charge on any atom is -0.258 e. The molecule has 0 atom stereocenters. The van der Waals surface area contributed by atoms with Crippen LogP contribution >= 0.6 is 0 Å². The maximum Gasteiger partial charge on any atom is 0.275 e. The maximum absolute atomic E-state index is 11.0. The summed E-state index contributed by atoms with van der Waals surface area (Å²) in [6.45, 7) is 6.09. The first-order chi connectivity index (χ1) is 7.06. The van der Waals surface area contributed by atoms with Crippen molar-refractivity contribution in [1.29, 1.82) is 0 Å². The molecule has 0 heterocycles. The molecule has 1 aromatic carbocycles. The summed E-state index contributed by atoms with van der Waals surface area (Å²) in [5, 5.41) is 11.0. The fourth-order valence-corrected chi connectivity index (χ4v) is 1.77. The van der Waals surface area contributed by atoms with Crippen LogP contribution in [0.2, 0.25) is 0 Å². The van der Waals surface area contributed by atoms with Crippen molar-refractivity contribution in [2.24, 2.45) is 5.92 Å². The Balaban J connectivity index is 3.19. The molecule has 0 radical (unpaired) electrons. The van der Waals surface area contributed by atoms with Crippen molar-refractivity contribution in [2.45, 2.75) is 33.6 Å². The lowest BCUT2D eigenvalue weighted by Gasteiger charge is -2.08. The summed E-state index contributed by atoms with van der Waals surface area (Å²) in [5.74, 6) is 0.441. The quantitative estimate of drug-likeness (QED) is 0.561. The SMILES string of the molecule is CCc1cccc(CC(C)C)c1[N+](=O)[O-]. The van der Waals surface area contributed by atoms with Gasteiger partial charge in [-0.2, -0.15) is 0 Å². The molecule has 15 heavy (non-hydrogen) atoms. The maximum atomic E-state index is 11.0. The van der Waals surface area contributed by atoms with Gasteiger partial charge in [-0.25, -0.2) is 0 Å². The summed E-state index contributed by atoms with van der Waals surface area (Å²) in [6, 6.07) is 5.60. The number of benzene rings is 1. The molecule has 0 spiro atoms. The lowest BCUT2D eigenvalue weighted by Crippen LogP contribution is -2.02. The van der Waals surface area contributed by atoms with E-state index in [1.807, 2.05) is 25.1 Å². The highest BCUT2D eigenvalue weighted by Crippen LogP contribution is 2.26. The summed E-state index contributed by atoms with van der Waals surface area (Å²) < 4.78 is 0. The number of hydrogen-bond acceptors (Lipinski definition) is 2. The van der Waals surface area contributed by atoms with Crippen LogP contribution in [0, 0.1) is 16.0 Å². The fraction of sp³-hybridized carbons (Fsp3) is 0.500. The number of rotatable bonds is 4. The predicted octanol–water partition coefficient (Wildman–Crippen LogP) is 3.36. The first kappa shape index (κ1) is 11.7. The van der Waals surface area contributed by atoms with E-state index in [0.717, 1.165) is 17.5 Å². The Bertz CT molecular complexity index is 359. The largest absolute Gasteiger partial charge is 0.275 e. The Morgan fingerprint density at radius 1 is 1.33 bits per heavy atom. The van der Waals surface area contributed by atoms with Gasteiger partial charge in [0.05, 0.1) is 4.92 Å². The van der Waals surface area contributed by atoms with Gasteiger partial charge in [-0.15, -0.1) is 0 Å². The van der Waals surface area contributed by atoms with Crippen molar-refractivity contribution in [3.63, 3.8) is 0 Å². The van der Waals surface area contributed by atoms with Crippen LogP contribution in [0.25, 0.3) is 0 Å². The molecule has 0 bridgehead atoms. The van der Waals surface area contributed by atoms with Crippen LogP contribution in [0.5, 0.6) is 0 Å². The number of aryl methyl sites for hydroxylation is 1. The standard InChI is InChI=1S/C12H17NO2/c1-4-10-6-5-7-11(8-9(2)3)12(10)13(14)15/h5-7,9H,4,8H2,1-3H3. The zero-order valence-electron chi connectivity index (χ0n) is 9.49. The lowest BCUT2D eigenvalue weighted by atomic mass is 9.98. The monoisotopic (exact) mass is 207 g/mol. The van der Waals surface area contributed by atoms with Crippen molar-refractivity contribution < 1.29 is 4.92 Å². The number of nitrogens with zero attached hydrogens (tertiary/aromatic N) is 1. The second-order valence-corrected chi connectivity index (χ2v) is 4.13. The van der Waals surface area contributed by atoms with Crippen molar-refractivity contribution >= 4 is 5.69 Å². The number of nitro groups is 1. The molecule has 0 aliphatic rings. The van der Waals surface area contributed by atoms with Gasteiger partial charge < -0.3 is 0 Å². The van der Waals surface area contributed by atoms with E-state index in [-0.39, 0.29) is 4.92 Å². The fourth-order valence-electron chi connectivity index (χ4n) is 1.77.